The summed E-state index contributed by atoms with van der Waals surface area (Å²) in [6, 6.07) is 5.96. The van der Waals surface area contributed by atoms with Crippen LogP contribution < -0.4 is 5.32 Å². The molecular formula is C20H26ClN3O. The molecule has 1 aromatic carbocycles. The third-order valence-electron chi connectivity index (χ3n) is 5.09. The van der Waals surface area contributed by atoms with E-state index in [1.54, 1.807) is 0 Å². The predicted molar refractivity (Wildman–Crippen MR) is 103 cm³/mol. The molecule has 1 saturated heterocycles. The van der Waals surface area contributed by atoms with Gasteiger partial charge in [0.2, 0.25) is 0 Å². The van der Waals surface area contributed by atoms with Crippen molar-refractivity contribution in [3.05, 3.63) is 40.0 Å². The van der Waals surface area contributed by atoms with E-state index in [1.807, 2.05) is 26.0 Å². The van der Waals surface area contributed by atoms with Crippen molar-refractivity contribution in [3.63, 3.8) is 0 Å². The molecule has 1 fully saturated rings. The van der Waals surface area contributed by atoms with Gasteiger partial charge in [-0.05, 0) is 71.3 Å². The lowest BCUT2D eigenvalue weighted by molar-refractivity contribution is 0.0902. The highest BCUT2D eigenvalue weighted by Crippen LogP contribution is 2.25. The third kappa shape index (κ3) is 3.80. The van der Waals surface area contributed by atoms with Crippen molar-refractivity contribution in [1.82, 2.24) is 15.2 Å². The molecule has 0 aliphatic carbocycles. The summed E-state index contributed by atoms with van der Waals surface area (Å²) in [5.74, 6) is -0.161. The Morgan fingerprint density at radius 2 is 1.92 bits per heavy atom. The number of benzene rings is 1. The molecule has 1 aliphatic heterocycles. The van der Waals surface area contributed by atoms with Crippen molar-refractivity contribution in [2.75, 3.05) is 19.6 Å². The van der Waals surface area contributed by atoms with Crippen LogP contribution in [0.3, 0.4) is 0 Å². The zero-order chi connectivity index (χ0) is 18.2. The Kier molecular flexibility index (Phi) is 5.03. The van der Waals surface area contributed by atoms with Crippen LogP contribution in [0.2, 0.25) is 5.15 Å². The second-order valence-electron chi connectivity index (χ2n) is 7.67. The molecule has 0 unspecified atom stereocenters. The molecule has 3 rings (SSSR count). The molecule has 0 bridgehead atoms. The summed E-state index contributed by atoms with van der Waals surface area (Å²) in [6.45, 7) is 11.2. The topological polar surface area (TPSA) is 45.2 Å². The number of nitrogens with one attached hydrogen (secondary N) is 1. The minimum Gasteiger partial charge on any atom is -0.350 e. The summed E-state index contributed by atoms with van der Waals surface area (Å²) in [7, 11) is 0. The number of nitrogens with zero attached hydrogens (tertiary/aromatic N) is 2. The predicted octanol–water partition coefficient (Wildman–Crippen LogP) is 4.11. The van der Waals surface area contributed by atoms with Crippen molar-refractivity contribution in [3.8, 4) is 0 Å². The third-order valence-corrected chi connectivity index (χ3v) is 5.38. The Morgan fingerprint density at radius 3 is 2.60 bits per heavy atom. The van der Waals surface area contributed by atoms with Crippen LogP contribution in [0.1, 0.15) is 48.2 Å². The normalized spacial score (nSPS) is 15.7. The van der Waals surface area contributed by atoms with Crippen LogP contribution in [0.15, 0.2) is 18.2 Å². The summed E-state index contributed by atoms with van der Waals surface area (Å²) < 4.78 is 0. The van der Waals surface area contributed by atoms with E-state index in [9.17, 15) is 4.79 Å². The fraction of sp³-hybridized carbons (Fsp3) is 0.500. The van der Waals surface area contributed by atoms with Gasteiger partial charge in [0.05, 0.1) is 11.1 Å². The Hall–Kier alpha value is -1.65. The monoisotopic (exact) mass is 359 g/mol. The lowest BCUT2D eigenvalue weighted by atomic mass is 10.0. The van der Waals surface area contributed by atoms with Crippen molar-refractivity contribution < 1.29 is 4.79 Å². The van der Waals surface area contributed by atoms with E-state index in [1.165, 1.54) is 12.8 Å². The number of likely N-dealkylation sites (tertiary alicyclic amines) is 1. The van der Waals surface area contributed by atoms with E-state index >= 15 is 0 Å². The zero-order valence-electron chi connectivity index (χ0n) is 15.4. The van der Waals surface area contributed by atoms with Gasteiger partial charge in [-0.1, -0.05) is 23.2 Å². The van der Waals surface area contributed by atoms with Gasteiger partial charge in [0.1, 0.15) is 5.15 Å². The molecule has 1 N–H and O–H groups in total. The number of carbonyl (C=O) groups excluding carboxylic acids is 1. The maximum Gasteiger partial charge on any atom is 0.254 e. The lowest BCUT2D eigenvalue weighted by Gasteiger charge is -2.35. The number of pyridine rings is 1. The molecule has 2 aromatic rings. The van der Waals surface area contributed by atoms with Crippen molar-refractivity contribution in [1.29, 1.82) is 0 Å². The van der Waals surface area contributed by atoms with E-state index < -0.39 is 0 Å². The summed E-state index contributed by atoms with van der Waals surface area (Å²) in [5.41, 5.74) is 3.45. The highest BCUT2D eigenvalue weighted by atomic mass is 35.5. The smallest absolute Gasteiger partial charge is 0.254 e. The lowest BCUT2D eigenvalue weighted by Crippen LogP contribution is -2.50. The standard InChI is InChI=1S/C20H26ClN3O/c1-13-9-14(2)17-15(10-13)11-16(18(21)23-17)19(25)22-12-20(3,4)24-7-5-6-8-24/h9-11H,5-8,12H2,1-4H3,(H,22,25). The molecule has 1 aliphatic rings. The fourth-order valence-corrected chi connectivity index (χ4v) is 3.84. The number of fused-ring (bicyclic) bond motifs is 1. The van der Waals surface area contributed by atoms with Gasteiger partial charge in [-0.15, -0.1) is 0 Å². The summed E-state index contributed by atoms with van der Waals surface area (Å²) in [5, 5.41) is 4.26. The first-order valence-electron chi connectivity index (χ1n) is 8.89. The molecule has 1 aromatic heterocycles. The van der Waals surface area contributed by atoms with Gasteiger partial charge in [0.25, 0.3) is 5.91 Å². The van der Waals surface area contributed by atoms with Gasteiger partial charge in [0.15, 0.2) is 0 Å². The first kappa shape index (κ1) is 18.2. The van der Waals surface area contributed by atoms with E-state index in [4.69, 9.17) is 11.6 Å². The van der Waals surface area contributed by atoms with Crippen LogP contribution >= 0.6 is 11.6 Å². The largest absolute Gasteiger partial charge is 0.350 e. The number of hydrogen-bond acceptors (Lipinski definition) is 3. The second-order valence-corrected chi connectivity index (χ2v) is 8.03. The molecule has 4 nitrogen and oxygen atoms in total. The van der Waals surface area contributed by atoms with Crippen LogP contribution in [0, 0.1) is 13.8 Å². The number of rotatable bonds is 4. The molecule has 0 radical (unpaired) electrons. The summed E-state index contributed by atoms with van der Waals surface area (Å²) in [4.78, 5) is 19.6. The van der Waals surface area contributed by atoms with E-state index in [-0.39, 0.29) is 16.6 Å². The van der Waals surface area contributed by atoms with Crippen LogP contribution in [0.25, 0.3) is 10.9 Å². The molecule has 25 heavy (non-hydrogen) atoms. The van der Waals surface area contributed by atoms with Crippen LogP contribution in [0.4, 0.5) is 0 Å². The van der Waals surface area contributed by atoms with Crippen LogP contribution in [-0.4, -0.2) is 41.0 Å². The van der Waals surface area contributed by atoms with Gasteiger partial charge < -0.3 is 5.32 Å². The summed E-state index contributed by atoms with van der Waals surface area (Å²) in [6.07, 6.45) is 2.47. The Morgan fingerprint density at radius 1 is 1.24 bits per heavy atom. The first-order valence-corrected chi connectivity index (χ1v) is 9.26. The second kappa shape index (κ2) is 6.93. The first-order chi connectivity index (χ1) is 11.8. The van der Waals surface area contributed by atoms with Gasteiger partial charge in [-0.2, -0.15) is 0 Å². The Balaban J connectivity index is 1.81. The molecule has 0 atom stereocenters. The molecule has 1 amide bonds. The highest BCUT2D eigenvalue weighted by Gasteiger charge is 2.29. The van der Waals surface area contributed by atoms with Crippen molar-refractivity contribution >= 4 is 28.4 Å². The SMILES string of the molecule is Cc1cc(C)c2nc(Cl)c(C(=O)NCC(C)(C)N3CCCC3)cc2c1. The van der Waals surface area contributed by atoms with E-state index in [2.05, 4.69) is 35.1 Å². The molecule has 0 saturated carbocycles. The molecule has 0 spiro atoms. The maximum absolute atomic E-state index is 12.7. The summed E-state index contributed by atoms with van der Waals surface area (Å²) >= 11 is 6.30. The van der Waals surface area contributed by atoms with Crippen LogP contribution in [-0.2, 0) is 0 Å². The molecule has 5 heteroatoms. The molecular weight excluding hydrogens is 334 g/mol. The number of aryl methyl sites for hydroxylation is 2. The number of amides is 1. The number of halogens is 1. The fourth-order valence-electron chi connectivity index (χ4n) is 3.61. The Bertz CT molecular complexity index is 810. The van der Waals surface area contributed by atoms with Gasteiger partial charge in [0, 0.05) is 17.5 Å². The molecule has 2 heterocycles. The quantitative estimate of drug-likeness (QED) is 0.835. The zero-order valence-corrected chi connectivity index (χ0v) is 16.2. The van der Waals surface area contributed by atoms with Crippen molar-refractivity contribution in [2.24, 2.45) is 0 Å². The maximum atomic E-state index is 12.7. The van der Waals surface area contributed by atoms with E-state index in [0.29, 0.717) is 12.1 Å². The van der Waals surface area contributed by atoms with Crippen LogP contribution in [0.5, 0.6) is 0 Å². The number of aromatic nitrogens is 1. The Labute approximate surface area is 154 Å². The van der Waals surface area contributed by atoms with Gasteiger partial charge in [-0.3, -0.25) is 9.69 Å². The highest BCUT2D eigenvalue weighted by molar-refractivity contribution is 6.33. The van der Waals surface area contributed by atoms with E-state index in [0.717, 1.165) is 35.1 Å². The minimum atomic E-state index is -0.161. The minimum absolute atomic E-state index is 0.0594. The van der Waals surface area contributed by atoms with Gasteiger partial charge in [-0.25, -0.2) is 4.98 Å². The number of hydrogen-bond donors (Lipinski definition) is 1. The average Bonchev–Trinajstić information content (AvgIpc) is 3.08. The van der Waals surface area contributed by atoms with Gasteiger partial charge >= 0.3 is 0 Å². The number of carbonyl (C=O) groups is 1. The average molecular weight is 360 g/mol. The molecule has 134 valence electrons. The van der Waals surface area contributed by atoms with Crippen molar-refractivity contribution in [2.45, 2.75) is 46.1 Å².